The number of carboxylic acids is 1. The minimum Gasteiger partial charge on any atom is -0.542 e. The number of carbonyl (C=O) groups is 1. The summed E-state index contributed by atoms with van der Waals surface area (Å²) in [5.41, 5.74) is 4.51. The zero-order valence-corrected chi connectivity index (χ0v) is 6.30. The molecule has 74 valence electrons. The monoisotopic (exact) mass is 197 g/mol. The van der Waals surface area contributed by atoms with E-state index in [4.69, 9.17) is 9.90 Å². The third-order valence-electron chi connectivity index (χ3n) is 0.812. The molecule has 0 amide bonds. The first kappa shape index (κ1) is 11.5. The summed E-state index contributed by atoms with van der Waals surface area (Å²) < 4.78 is 36.2. The first-order chi connectivity index (χ1) is 5.84. The van der Waals surface area contributed by atoms with Gasteiger partial charge < -0.3 is 20.1 Å². The molecule has 1 aromatic rings. The Morgan fingerprint density at radius 3 is 2.08 bits per heavy atom. The highest BCUT2D eigenvalue weighted by Gasteiger charge is 2.28. The van der Waals surface area contributed by atoms with Gasteiger partial charge in [-0.15, -0.1) is 0 Å². The van der Waals surface area contributed by atoms with Gasteiger partial charge in [-0.05, 0) is 0 Å². The van der Waals surface area contributed by atoms with Crippen LogP contribution in [0, 0.1) is 0 Å². The first-order valence-electron chi connectivity index (χ1n) is 2.96. The van der Waals surface area contributed by atoms with Crippen LogP contribution >= 0.6 is 0 Å². The van der Waals surface area contributed by atoms with Crippen LogP contribution < -0.4 is 10.8 Å². The lowest BCUT2D eigenvalue weighted by molar-refractivity contribution is -0.344. The number of alkyl halides is 3. The molecule has 0 spiro atoms. The molecule has 0 aliphatic heterocycles. The van der Waals surface area contributed by atoms with Crippen molar-refractivity contribution in [1.29, 1.82) is 0 Å². The molecule has 0 aliphatic carbocycles. The van der Waals surface area contributed by atoms with Crippen LogP contribution in [0.15, 0.2) is 23.0 Å². The van der Waals surface area contributed by atoms with E-state index in [1.807, 2.05) is 0 Å². The zero-order chi connectivity index (χ0) is 10.5. The first-order valence-corrected chi connectivity index (χ1v) is 2.96. The molecule has 1 rings (SSSR count). The van der Waals surface area contributed by atoms with Gasteiger partial charge in [0.15, 0.2) is 12.0 Å². The van der Waals surface area contributed by atoms with Crippen LogP contribution in [0.25, 0.3) is 0 Å². The number of carbonyl (C=O) groups excluding carboxylic acids is 1. The number of carboxylic acid groups (broad SMARTS) is 1. The van der Waals surface area contributed by atoms with E-state index in [1.54, 1.807) is 18.6 Å². The van der Waals surface area contributed by atoms with Gasteiger partial charge in [0.05, 0.1) is 6.26 Å². The van der Waals surface area contributed by atoms with Crippen LogP contribution in [-0.2, 0) is 4.79 Å². The predicted molar refractivity (Wildman–Crippen MR) is 32.3 cm³/mol. The van der Waals surface area contributed by atoms with Crippen LogP contribution in [0.2, 0.25) is 0 Å². The summed E-state index contributed by atoms with van der Waals surface area (Å²) in [7, 11) is 0. The standard InChI is InChI=1S/C4H5NO.C2HF3O2/c5-4-1-2-6-3-4;3-2(4,5)1(6)7/h1-3H,5H2;(H,6,7). The van der Waals surface area contributed by atoms with Crippen LogP contribution in [0.5, 0.6) is 0 Å². The Balaban J connectivity index is 0.000000223. The average Bonchev–Trinajstić information content (AvgIpc) is 2.38. The minimum atomic E-state index is -5.19. The van der Waals surface area contributed by atoms with Gasteiger partial charge in [-0.3, -0.25) is 0 Å². The molecular weight excluding hydrogens is 191 g/mol. The molecule has 0 aromatic carbocycles. The van der Waals surface area contributed by atoms with Gasteiger partial charge in [0.1, 0.15) is 5.97 Å². The van der Waals surface area contributed by atoms with Crippen molar-refractivity contribution in [2.45, 2.75) is 6.18 Å². The maximum atomic E-state index is 10.5. The molecule has 7 heteroatoms. The van der Waals surface area contributed by atoms with Crippen LogP contribution in [0.3, 0.4) is 0 Å². The van der Waals surface area contributed by atoms with Crippen molar-refractivity contribution in [3.8, 4) is 0 Å². The summed E-state index contributed by atoms with van der Waals surface area (Å²) in [6.07, 6.45) is -2.00. The quantitative estimate of drug-likeness (QED) is 0.605. The second-order valence-corrected chi connectivity index (χ2v) is 1.92. The predicted octanol–water partition coefficient (Wildman–Crippen LogP) is -0.548. The maximum absolute atomic E-state index is 10.5. The SMILES string of the molecule is O=C([O-])C(F)(F)F.[NH3+]c1ccoc1. The largest absolute Gasteiger partial charge is 0.542 e. The van der Waals surface area contributed by atoms with Gasteiger partial charge in [-0.2, -0.15) is 13.2 Å². The second-order valence-electron chi connectivity index (χ2n) is 1.92. The molecule has 0 unspecified atom stereocenters. The van der Waals surface area contributed by atoms with Crippen molar-refractivity contribution in [2.75, 3.05) is 0 Å². The summed E-state index contributed by atoms with van der Waals surface area (Å²) in [5, 5.41) is 8.78. The molecular formula is C6H6F3NO3. The van der Waals surface area contributed by atoms with E-state index in [9.17, 15) is 13.2 Å². The van der Waals surface area contributed by atoms with Crippen LogP contribution in [0.4, 0.5) is 18.9 Å². The third kappa shape index (κ3) is 5.74. The lowest BCUT2D eigenvalue weighted by Gasteiger charge is -2.03. The summed E-state index contributed by atoms with van der Waals surface area (Å²) in [5.74, 6) is -3.01. The number of aliphatic carboxylic acids is 1. The van der Waals surface area contributed by atoms with Crippen molar-refractivity contribution in [2.24, 2.45) is 0 Å². The Kier molecular flexibility index (Phi) is 3.99. The van der Waals surface area contributed by atoms with Gasteiger partial charge in [0.2, 0.25) is 0 Å². The van der Waals surface area contributed by atoms with Crippen LogP contribution in [-0.4, -0.2) is 12.1 Å². The summed E-state index contributed by atoms with van der Waals surface area (Å²) in [4.78, 5) is 8.78. The molecule has 0 aliphatic rings. The number of quaternary nitrogens is 1. The number of hydrogen-bond acceptors (Lipinski definition) is 3. The summed E-state index contributed by atoms with van der Waals surface area (Å²) >= 11 is 0. The van der Waals surface area contributed by atoms with Gasteiger partial charge in [-0.1, -0.05) is 0 Å². The number of halogens is 3. The fraction of sp³-hybridized carbons (Fsp3) is 0.167. The zero-order valence-electron chi connectivity index (χ0n) is 6.30. The van der Waals surface area contributed by atoms with E-state index >= 15 is 0 Å². The number of rotatable bonds is 0. The molecule has 1 heterocycles. The van der Waals surface area contributed by atoms with E-state index in [0.29, 0.717) is 0 Å². The normalized spacial score (nSPS) is 10.2. The summed E-state index contributed by atoms with van der Waals surface area (Å²) in [6.45, 7) is 0. The highest BCUT2D eigenvalue weighted by molar-refractivity contribution is 5.70. The molecule has 0 saturated carbocycles. The fourth-order valence-electron chi connectivity index (χ4n) is 0.293. The van der Waals surface area contributed by atoms with E-state index in [1.165, 1.54) is 0 Å². The Hall–Kier alpha value is -1.50. The molecule has 3 N–H and O–H groups in total. The van der Waals surface area contributed by atoms with Gasteiger partial charge >= 0.3 is 6.18 Å². The molecule has 0 radical (unpaired) electrons. The molecule has 0 atom stereocenters. The van der Waals surface area contributed by atoms with E-state index in [-0.39, 0.29) is 0 Å². The number of hydrogen-bond donors (Lipinski definition) is 1. The average molecular weight is 197 g/mol. The van der Waals surface area contributed by atoms with Gasteiger partial charge in [0, 0.05) is 6.07 Å². The second kappa shape index (κ2) is 4.51. The van der Waals surface area contributed by atoms with Crippen molar-refractivity contribution < 1.29 is 33.2 Å². The van der Waals surface area contributed by atoms with Gasteiger partial charge in [-0.25, -0.2) is 0 Å². The van der Waals surface area contributed by atoms with E-state index < -0.39 is 12.1 Å². The molecule has 4 nitrogen and oxygen atoms in total. The molecule has 13 heavy (non-hydrogen) atoms. The smallest absolute Gasteiger partial charge is 0.430 e. The molecule has 1 aromatic heterocycles. The highest BCUT2D eigenvalue weighted by atomic mass is 19.4. The molecule has 0 saturated heterocycles. The topological polar surface area (TPSA) is 80.9 Å². The Bertz CT molecular complexity index is 255. The van der Waals surface area contributed by atoms with Gasteiger partial charge in [0.25, 0.3) is 0 Å². The summed E-state index contributed by atoms with van der Waals surface area (Å²) in [6, 6.07) is 1.81. The fourth-order valence-corrected chi connectivity index (χ4v) is 0.293. The Labute approximate surface area is 70.8 Å². The highest BCUT2D eigenvalue weighted by Crippen LogP contribution is 2.11. The minimum absolute atomic E-state index is 0.926. The Morgan fingerprint density at radius 2 is 2.00 bits per heavy atom. The lowest BCUT2D eigenvalue weighted by atomic mass is 10.6. The van der Waals surface area contributed by atoms with Crippen molar-refractivity contribution in [1.82, 2.24) is 0 Å². The number of furan rings is 1. The van der Waals surface area contributed by atoms with Crippen molar-refractivity contribution in [3.05, 3.63) is 18.6 Å². The molecule has 0 fully saturated rings. The third-order valence-corrected chi connectivity index (χ3v) is 0.812. The molecule has 0 bridgehead atoms. The van der Waals surface area contributed by atoms with E-state index in [2.05, 4.69) is 10.2 Å². The van der Waals surface area contributed by atoms with E-state index in [0.717, 1.165) is 5.69 Å². The van der Waals surface area contributed by atoms with Crippen molar-refractivity contribution >= 4 is 11.7 Å². The lowest BCUT2D eigenvalue weighted by Crippen LogP contribution is -2.39. The maximum Gasteiger partial charge on any atom is 0.430 e. The van der Waals surface area contributed by atoms with Crippen molar-refractivity contribution in [3.63, 3.8) is 0 Å². The Morgan fingerprint density at radius 1 is 1.54 bits per heavy atom. The van der Waals surface area contributed by atoms with Crippen LogP contribution in [0.1, 0.15) is 0 Å².